The minimum absolute atomic E-state index is 0.0942. The number of thiophene rings is 1. The summed E-state index contributed by atoms with van der Waals surface area (Å²) in [5.41, 5.74) is 3.15. The predicted octanol–water partition coefficient (Wildman–Crippen LogP) is 0.929. The highest BCUT2D eigenvalue weighted by molar-refractivity contribution is 7.21. The van der Waals surface area contributed by atoms with Crippen LogP contribution in [-0.4, -0.2) is 36.1 Å². The van der Waals surface area contributed by atoms with Gasteiger partial charge in [-0.1, -0.05) is 18.2 Å². The van der Waals surface area contributed by atoms with Gasteiger partial charge < -0.3 is 5.11 Å². The molecule has 0 radical (unpaired) electrons. The normalized spacial score (nSPS) is 11.2. The first-order valence-electron chi connectivity index (χ1n) is 5.98. The lowest BCUT2D eigenvalue weighted by atomic mass is 10.1. The zero-order valence-electron chi connectivity index (χ0n) is 10.7. The van der Waals surface area contributed by atoms with Crippen LogP contribution in [0.5, 0.6) is 0 Å². The number of nitrogens with one attached hydrogen (secondary N) is 1. The molecule has 2 aromatic rings. The van der Waals surface area contributed by atoms with Crippen LogP contribution < -0.4 is 11.3 Å². The van der Waals surface area contributed by atoms with Gasteiger partial charge in [0.2, 0.25) is 0 Å². The number of aliphatic hydroxyl groups excluding tert-OH is 1. The van der Waals surface area contributed by atoms with Gasteiger partial charge in [-0.05, 0) is 24.1 Å². The number of hydrogen-bond acceptors (Lipinski definition) is 5. The number of amides is 1. The van der Waals surface area contributed by atoms with E-state index in [1.807, 2.05) is 36.2 Å². The second kappa shape index (κ2) is 6.12. The van der Waals surface area contributed by atoms with E-state index in [1.54, 1.807) is 0 Å². The smallest absolute Gasteiger partial charge is 0.275 e. The molecule has 1 heterocycles. The third kappa shape index (κ3) is 2.93. The number of nitrogens with zero attached hydrogens (tertiary/aromatic N) is 1. The molecule has 0 fully saturated rings. The number of carbonyl (C=O) groups is 1. The second-order valence-corrected chi connectivity index (χ2v) is 5.39. The zero-order valence-corrected chi connectivity index (χ0v) is 11.5. The highest BCUT2D eigenvalue weighted by atomic mass is 32.1. The Labute approximate surface area is 115 Å². The number of hydrogen-bond donors (Lipinski definition) is 3. The lowest BCUT2D eigenvalue weighted by molar-refractivity contribution is 0.0956. The Morgan fingerprint density at radius 1 is 1.47 bits per heavy atom. The highest BCUT2D eigenvalue weighted by Gasteiger charge is 2.18. The second-order valence-electron chi connectivity index (χ2n) is 4.34. The summed E-state index contributed by atoms with van der Waals surface area (Å²) in [5.74, 6) is 4.97. The molecule has 5 nitrogen and oxygen atoms in total. The van der Waals surface area contributed by atoms with Gasteiger partial charge in [-0.2, -0.15) is 0 Å². The number of aliphatic hydroxyl groups is 1. The van der Waals surface area contributed by atoms with Gasteiger partial charge in [-0.15, -0.1) is 11.3 Å². The van der Waals surface area contributed by atoms with E-state index in [4.69, 9.17) is 10.9 Å². The third-order valence-corrected chi connectivity index (χ3v) is 4.16. The van der Waals surface area contributed by atoms with Crippen molar-refractivity contribution >= 4 is 27.3 Å². The Morgan fingerprint density at radius 2 is 2.21 bits per heavy atom. The van der Waals surface area contributed by atoms with Crippen LogP contribution in [0.4, 0.5) is 0 Å². The van der Waals surface area contributed by atoms with Gasteiger partial charge in [0.05, 0.1) is 11.5 Å². The van der Waals surface area contributed by atoms with Crippen molar-refractivity contribution in [3.05, 3.63) is 34.7 Å². The third-order valence-electron chi connectivity index (χ3n) is 2.95. The van der Waals surface area contributed by atoms with Crippen molar-refractivity contribution in [1.29, 1.82) is 0 Å². The number of rotatable bonds is 5. The minimum atomic E-state index is -0.270. The number of likely N-dealkylation sites (N-methyl/N-ethyl adjacent to an activating group) is 1. The van der Waals surface area contributed by atoms with Crippen molar-refractivity contribution in [2.45, 2.75) is 6.54 Å². The van der Waals surface area contributed by atoms with Crippen molar-refractivity contribution in [1.82, 2.24) is 10.3 Å². The molecule has 0 aliphatic carbocycles. The van der Waals surface area contributed by atoms with Crippen LogP contribution in [0, 0.1) is 0 Å². The van der Waals surface area contributed by atoms with E-state index in [1.165, 1.54) is 11.3 Å². The molecule has 0 bridgehead atoms. The number of fused-ring (bicyclic) bond motifs is 1. The quantitative estimate of drug-likeness (QED) is 0.432. The van der Waals surface area contributed by atoms with Crippen LogP contribution in [0.1, 0.15) is 15.2 Å². The highest BCUT2D eigenvalue weighted by Crippen LogP contribution is 2.31. The lowest BCUT2D eigenvalue weighted by Gasteiger charge is -2.15. The molecule has 0 aliphatic rings. The molecule has 1 amide bonds. The molecule has 19 heavy (non-hydrogen) atoms. The number of hydrazine groups is 1. The maximum Gasteiger partial charge on any atom is 0.275 e. The Morgan fingerprint density at radius 3 is 2.89 bits per heavy atom. The monoisotopic (exact) mass is 279 g/mol. The summed E-state index contributed by atoms with van der Waals surface area (Å²) in [6.45, 7) is 1.26. The van der Waals surface area contributed by atoms with Gasteiger partial charge in [0, 0.05) is 17.8 Å². The maximum atomic E-state index is 11.8. The van der Waals surface area contributed by atoms with Crippen LogP contribution in [0.15, 0.2) is 24.3 Å². The Bertz CT molecular complexity index is 582. The summed E-state index contributed by atoms with van der Waals surface area (Å²) in [4.78, 5) is 14.5. The standard InChI is InChI=1S/C13H17N3O2S/c1-16(6-7-17)8-10-9-4-2-3-5-11(9)19-12(10)13(18)15-14/h2-5,17H,6-8,14H2,1H3,(H,15,18). The van der Waals surface area contributed by atoms with E-state index in [9.17, 15) is 4.79 Å². The van der Waals surface area contributed by atoms with E-state index in [0.29, 0.717) is 18.0 Å². The number of nitrogen functional groups attached to an aromatic ring is 1. The number of benzene rings is 1. The van der Waals surface area contributed by atoms with Crippen molar-refractivity contribution in [3.63, 3.8) is 0 Å². The molecule has 6 heteroatoms. The molecule has 102 valence electrons. The average molecular weight is 279 g/mol. The fourth-order valence-corrected chi connectivity index (χ4v) is 3.14. The van der Waals surface area contributed by atoms with Crippen molar-refractivity contribution in [2.75, 3.05) is 20.2 Å². The van der Waals surface area contributed by atoms with E-state index in [-0.39, 0.29) is 12.5 Å². The fraction of sp³-hybridized carbons (Fsp3) is 0.308. The molecule has 2 rings (SSSR count). The first kappa shape index (κ1) is 14.0. The molecular formula is C13H17N3O2S. The van der Waals surface area contributed by atoms with E-state index >= 15 is 0 Å². The van der Waals surface area contributed by atoms with Gasteiger partial charge in [-0.25, -0.2) is 5.84 Å². The minimum Gasteiger partial charge on any atom is -0.395 e. The van der Waals surface area contributed by atoms with Crippen molar-refractivity contribution in [3.8, 4) is 0 Å². The summed E-state index contributed by atoms with van der Waals surface area (Å²) in [6.07, 6.45) is 0. The Kier molecular flexibility index (Phi) is 4.49. The SMILES string of the molecule is CN(CCO)Cc1c(C(=O)NN)sc2ccccc12. The first-order chi connectivity index (χ1) is 9.17. The molecule has 1 aromatic carbocycles. The van der Waals surface area contributed by atoms with Gasteiger partial charge in [0.25, 0.3) is 5.91 Å². The van der Waals surface area contributed by atoms with Crippen LogP contribution in [0.3, 0.4) is 0 Å². The molecule has 0 saturated heterocycles. The number of nitrogens with two attached hydrogens (primary N) is 1. The summed E-state index contributed by atoms with van der Waals surface area (Å²) in [6, 6.07) is 7.89. The molecule has 1 aromatic heterocycles. The number of carbonyl (C=O) groups excluding carboxylic acids is 1. The van der Waals surface area contributed by atoms with Gasteiger partial charge in [0.15, 0.2) is 0 Å². The van der Waals surface area contributed by atoms with Crippen molar-refractivity contribution < 1.29 is 9.90 Å². The van der Waals surface area contributed by atoms with E-state index in [0.717, 1.165) is 15.6 Å². The first-order valence-corrected chi connectivity index (χ1v) is 6.79. The van der Waals surface area contributed by atoms with Crippen LogP contribution >= 0.6 is 11.3 Å². The molecular weight excluding hydrogens is 262 g/mol. The molecule has 0 aliphatic heterocycles. The summed E-state index contributed by atoms with van der Waals surface area (Å²) >= 11 is 1.44. The Balaban J connectivity index is 2.45. The zero-order chi connectivity index (χ0) is 13.8. The van der Waals surface area contributed by atoms with Crippen LogP contribution in [-0.2, 0) is 6.54 Å². The molecule has 0 unspecified atom stereocenters. The van der Waals surface area contributed by atoms with E-state index < -0.39 is 0 Å². The fourth-order valence-electron chi connectivity index (χ4n) is 2.02. The lowest BCUT2D eigenvalue weighted by Crippen LogP contribution is -2.31. The summed E-state index contributed by atoms with van der Waals surface area (Å²) in [7, 11) is 1.91. The van der Waals surface area contributed by atoms with Gasteiger partial charge in [-0.3, -0.25) is 15.1 Å². The topological polar surface area (TPSA) is 78.6 Å². The van der Waals surface area contributed by atoms with Gasteiger partial charge in [0.1, 0.15) is 0 Å². The molecule has 0 saturated carbocycles. The molecule has 0 atom stereocenters. The average Bonchev–Trinajstić information content (AvgIpc) is 2.77. The summed E-state index contributed by atoms with van der Waals surface area (Å²) in [5, 5.41) is 10.0. The van der Waals surface area contributed by atoms with Crippen LogP contribution in [0.25, 0.3) is 10.1 Å². The Hall–Kier alpha value is -1.47. The van der Waals surface area contributed by atoms with Crippen molar-refractivity contribution in [2.24, 2.45) is 5.84 Å². The molecule has 0 spiro atoms. The maximum absolute atomic E-state index is 11.8. The van der Waals surface area contributed by atoms with Gasteiger partial charge >= 0.3 is 0 Å². The van der Waals surface area contributed by atoms with E-state index in [2.05, 4.69) is 5.43 Å². The molecule has 4 N–H and O–H groups in total. The predicted molar refractivity (Wildman–Crippen MR) is 76.9 cm³/mol. The largest absolute Gasteiger partial charge is 0.395 e. The van der Waals surface area contributed by atoms with Crippen LogP contribution in [0.2, 0.25) is 0 Å². The summed E-state index contributed by atoms with van der Waals surface area (Å²) < 4.78 is 1.06.